The van der Waals surface area contributed by atoms with Gasteiger partial charge in [0.1, 0.15) is 30.4 Å². The van der Waals surface area contributed by atoms with Crippen molar-refractivity contribution in [3.05, 3.63) is 70.9 Å². The average Bonchev–Trinajstić information content (AvgIpc) is 3.31. The Kier molecular flexibility index (Phi) is 6.24. The predicted molar refractivity (Wildman–Crippen MR) is 102 cm³/mol. The Morgan fingerprint density at radius 2 is 2.07 bits per heavy atom. The fourth-order valence-corrected chi connectivity index (χ4v) is 2.54. The molecule has 0 unspecified atom stereocenters. The molecular formula is C20H19F3N4O3. The van der Waals surface area contributed by atoms with E-state index in [0.29, 0.717) is 5.76 Å². The quantitative estimate of drug-likeness (QED) is 0.463. The molecule has 158 valence electrons. The van der Waals surface area contributed by atoms with Gasteiger partial charge in [-0.25, -0.2) is 5.43 Å². The van der Waals surface area contributed by atoms with Gasteiger partial charge in [0.2, 0.25) is 0 Å². The van der Waals surface area contributed by atoms with E-state index < -0.39 is 18.6 Å². The van der Waals surface area contributed by atoms with Gasteiger partial charge in [0.05, 0.1) is 6.21 Å². The standard InChI is InChI=1S/C20H19F3N4O3/c1-13-4-3-5-17(14(13)2)29-11-16-6-7-18(30-16)19(28)25-24-10-15-8-9-27(26-15)12-20(21,22)23/h3-10H,11-12H2,1-2H3,(H,25,28). The number of benzene rings is 1. The van der Waals surface area contributed by atoms with Crippen molar-refractivity contribution in [1.29, 1.82) is 0 Å². The van der Waals surface area contributed by atoms with E-state index in [9.17, 15) is 18.0 Å². The van der Waals surface area contributed by atoms with Gasteiger partial charge in [-0.1, -0.05) is 12.1 Å². The lowest BCUT2D eigenvalue weighted by molar-refractivity contribution is -0.142. The summed E-state index contributed by atoms with van der Waals surface area (Å²) in [5.41, 5.74) is 4.53. The Balaban J connectivity index is 1.52. The van der Waals surface area contributed by atoms with Crippen LogP contribution in [0, 0.1) is 13.8 Å². The van der Waals surface area contributed by atoms with Crippen molar-refractivity contribution in [2.75, 3.05) is 0 Å². The average molecular weight is 420 g/mol. The van der Waals surface area contributed by atoms with Crippen molar-refractivity contribution in [2.45, 2.75) is 33.2 Å². The van der Waals surface area contributed by atoms with E-state index in [4.69, 9.17) is 9.15 Å². The Bertz CT molecular complexity index is 1050. The number of nitrogens with one attached hydrogen (secondary N) is 1. The van der Waals surface area contributed by atoms with Gasteiger partial charge in [-0.15, -0.1) is 0 Å². The highest BCUT2D eigenvalue weighted by atomic mass is 19.4. The number of ether oxygens (including phenoxy) is 1. The van der Waals surface area contributed by atoms with Crippen LogP contribution in [0.4, 0.5) is 13.2 Å². The van der Waals surface area contributed by atoms with Crippen molar-refractivity contribution in [3.8, 4) is 5.75 Å². The number of hydrogen-bond acceptors (Lipinski definition) is 5. The molecule has 1 amide bonds. The highest BCUT2D eigenvalue weighted by Gasteiger charge is 2.28. The van der Waals surface area contributed by atoms with Crippen molar-refractivity contribution in [2.24, 2.45) is 5.10 Å². The number of amides is 1. The maximum Gasteiger partial charge on any atom is 0.408 e. The summed E-state index contributed by atoms with van der Waals surface area (Å²) in [5.74, 6) is 0.594. The van der Waals surface area contributed by atoms with E-state index in [0.717, 1.165) is 27.8 Å². The van der Waals surface area contributed by atoms with Gasteiger partial charge in [-0.2, -0.15) is 23.4 Å². The monoisotopic (exact) mass is 420 g/mol. The molecular weight excluding hydrogens is 401 g/mol. The summed E-state index contributed by atoms with van der Waals surface area (Å²) in [5, 5.41) is 7.37. The van der Waals surface area contributed by atoms with Gasteiger partial charge >= 0.3 is 12.1 Å². The molecule has 3 rings (SSSR count). The maximum atomic E-state index is 12.3. The fraction of sp³-hybridized carbons (Fsp3) is 0.250. The number of halogens is 3. The molecule has 3 aromatic rings. The van der Waals surface area contributed by atoms with Crippen LogP contribution < -0.4 is 10.2 Å². The summed E-state index contributed by atoms with van der Waals surface area (Å²) in [6.45, 7) is 2.89. The van der Waals surface area contributed by atoms with E-state index in [2.05, 4.69) is 15.6 Å². The lowest BCUT2D eigenvalue weighted by atomic mass is 10.1. The minimum Gasteiger partial charge on any atom is -0.485 e. The number of aryl methyl sites for hydroxylation is 1. The minimum atomic E-state index is -4.37. The van der Waals surface area contributed by atoms with Crippen LogP contribution in [0.1, 0.15) is 33.1 Å². The molecule has 7 nitrogen and oxygen atoms in total. The lowest BCUT2D eigenvalue weighted by Crippen LogP contribution is -2.18. The second-order valence-corrected chi connectivity index (χ2v) is 6.51. The first-order chi connectivity index (χ1) is 14.2. The molecule has 0 atom stereocenters. The topological polar surface area (TPSA) is 81.6 Å². The largest absolute Gasteiger partial charge is 0.485 e. The van der Waals surface area contributed by atoms with Gasteiger partial charge in [0.25, 0.3) is 0 Å². The van der Waals surface area contributed by atoms with E-state index in [1.807, 2.05) is 32.0 Å². The second-order valence-electron chi connectivity index (χ2n) is 6.51. The summed E-state index contributed by atoms with van der Waals surface area (Å²) in [4.78, 5) is 12.1. The van der Waals surface area contributed by atoms with Gasteiger partial charge in [-0.05, 0) is 49.2 Å². The number of nitrogens with zero attached hydrogens (tertiary/aromatic N) is 3. The molecule has 2 heterocycles. The van der Waals surface area contributed by atoms with Crippen LogP contribution >= 0.6 is 0 Å². The highest BCUT2D eigenvalue weighted by molar-refractivity contribution is 5.92. The molecule has 0 aliphatic carbocycles. The zero-order valence-corrected chi connectivity index (χ0v) is 16.2. The molecule has 2 aromatic heterocycles. The third kappa shape index (κ3) is 5.72. The van der Waals surface area contributed by atoms with Crippen LogP contribution in [0.5, 0.6) is 5.75 Å². The smallest absolute Gasteiger partial charge is 0.408 e. The van der Waals surface area contributed by atoms with E-state index in [1.165, 1.54) is 18.3 Å². The summed E-state index contributed by atoms with van der Waals surface area (Å²) in [7, 11) is 0. The van der Waals surface area contributed by atoms with E-state index in [1.54, 1.807) is 6.07 Å². The molecule has 30 heavy (non-hydrogen) atoms. The number of alkyl halides is 3. The van der Waals surface area contributed by atoms with Crippen molar-refractivity contribution in [1.82, 2.24) is 15.2 Å². The molecule has 1 aromatic carbocycles. The Morgan fingerprint density at radius 1 is 1.27 bits per heavy atom. The van der Waals surface area contributed by atoms with Gasteiger partial charge in [0, 0.05) is 6.20 Å². The second kappa shape index (κ2) is 8.85. The zero-order chi connectivity index (χ0) is 21.7. The van der Waals surface area contributed by atoms with Crippen molar-refractivity contribution in [3.63, 3.8) is 0 Å². The first-order valence-corrected chi connectivity index (χ1v) is 8.92. The molecule has 0 aliphatic rings. The molecule has 1 N–H and O–H groups in total. The van der Waals surface area contributed by atoms with Gasteiger partial charge < -0.3 is 9.15 Å². The summed E-state index contributed by atoms with van der Waals surface area (Å²) in [6, 6.07) is 10.2. The summed E-state index contributed by atoms with van der Waals surface area (Å²) >= 11 is 0. The zero-order valence-electron chi connectivity index (χ0n) is 16.2. The number of carbonyl (C=O) groups excluding carboxylic acids is 1. The Hall–Kier alpha value is -3.56. The minimum absolute atomic E-state index is 0.0225. The molecule has 0 radical (unpaired) electrons. The van der Waals surface area contributed by atoms with Crippen molar-refractivity contribution >= 4 is 12.1 Å². The van der Waals surface area contributed by atoms with Crippen LogP contribution in [0.2, 0.25) is 0 Å². The van der Waals surface area contributed by atoms with Gasteiger partial charge in [0.15, 0.2) is 5.76 Å². The number of rotatable bonds is 7. The molecule has 0 spiro atoms. The molecule has 10 heteroatoms. The number of hydrogen-bond donors (Lipinski definition) is 1. The molecule has 0 saturated heterocycles. The van der Waals surface area contributed by atoms with Crippen LogP contribution in [0.3, 0.4) is 0 Å². The van der Waals surface area contributed by atoms with Crippen molar-refractivity contribution < 1.29 is 27.1 Å². The van der Waals surface area contributed by atoms with Crippen LogP contribution in [0.25, 0.3) is 0 Å². The molecule has 0 saturated carbocycles. The summed E-state index contributed by atoms with van der Waals surface area (Å²) in [6.07, 6.45) is -2.06. The number of hydrazone groups is 1. The maximum absolute atomic E-state index is 12.3. The Morgan fingerprint density at radius 3 is 2.83 bits per heavy atom. The number of carbonyl (C=O) groups is 1. The number of furan rings is 1. The normalized spacial score (nSPS) is 11.8. The molecule has 0 bridgehead atoms. The fourth-order valence-electron chi connectivity index (χ4n) is 2.54. The SMILES string of the molecule is Cc1cccc(OCc2ccc(C(=O)NN=Cc3ccn(CC(F)(F)F)n3)o2)c1C. The first-order valence-electron chi connectivity index (χ1n) is 8.92. The molecule has 0 aliphatic heterocycles. The summed E-state index contributed by atoms with van der Waals surface area (Å²) < 4.78 is 48.9. The first kappa shape index (κ1) is 21.2. The van der Waals surface area contributed by atoms with E-state index >= 15 is 0 Å². The van der Waals surface area contributed by atoms with Crippen LogP contribution in [0.15, 0.2) is 52.1 Å². The van der Waals surface area contributed by atoms with Crippen LogP contribution in [-0.2, 0) is 13.2 Å². The third-order valence-electron chi connectivity index (χ3n) is 4.18. The number of aromatic nitrogens is 2. The Labute approximate surface area is 170 Å². The van der Waals surface area contributed by atoms with Crippen LogP contribution in [-0.4, -0.2) is 28.1 Å². The lowest BCUT2D eigenvalue weighted by Gasteiger charge is -2.09. The van der Waals surface area contributed by atoms with Gasteiger partial charge in [-0.3, -0.25) is 9.48 Å². The third-order valence-corrected chi connectivity index (χ3v) is 4.18. The highest BCUT2D eigenvalue weighted by Crippen LogP contribution is 2.22. The molecule has 0 fully saturated rings. The predicted octanol–water partition coefficient (Wildman–Crippen LogP) is 4.00. The van der Waals surface area contributed by atoms with E-state index in [-0.39, 0.29) is 18.1 Å².